The Morgan fingerprint density at radius 1 is 1.19 bits per heavy atom. The lowest BCUT2D eigenvalue weighted by Gasteiger charge is -2.26. The van der Waals surface area contributed by atoms with E-state index in [0.29, 0.717) is 12.5 Å². The summed E-state index contributed by atoms with van der Waals surface area (Å²) < 4.78 is 0. The highest BCUT2D eigenvalue weighted by Gasteiger charge is 2.25. The second-order valence-corrected chi connectivity index (χ2v) is 7.18. The molecule has 0 spiro atoms. The molecule has 0 bridgehead atoms. The quantitative estimate of drug-likeness (QED) is 0.725. The van der Waals surface area contributed by atoms with Crippen LogP contribution in [0.5, 0.6) is 0 Å². The van der Waals surface area contributed by atoms with Crippen LogP contribution in [-0.2, 0) is 5.41 Å². The van der Waals surface area contributed by atoms with E-state index in [1.165, 1.54) is 30.5 Å². The molecule has 1 aliphatic heterocycles. The number of hydrogen-bond donors (Lipinski definition) is 0. The lowest BCUT2D eigenvalue weighted by atomic mass is 9.86. The van der Waals surface area contributed by atoms with E-state index < -0.39 is 0 Å². The van der Waals surface area contributed by atoms with Gasteiger partial charge in [0.15, 0.2) is 0 Å². The maximum atomic E-state index is 8.62. The third kappa shape index (κ3) is 4.32. The van der Waals surface area contributed by atoms with Crippen LogP contribution in [0.25, 0.3) is 0 Å². The zero-order chi connectivity index (χ0) is 15.3. The van der Waals surface area contributed by atoms with Crippen LogP contribution in [0.3, 0.4) is 0 Å². The molecular formula is C19H28N2. The SMILES string of the molecule is CC(C)(C)c1ccc(C2CCCN2CCCCC#N)cc1. The second-order valence-electron chi connectivity index (χ2n) is 7.18. The number of unbranched alkanes of at least 4 members (excludes halogenated alkanes) is 2. The van der Waals surface area contributed by atoms with Crippen molar-refractivity contribution in [2.75, 3.05) is 13.1 Å². The molecule has 0 radical (unpaired) electrons. The molecule has 0 amide bonds. The van der Waals surface area contributed by atoms with Crippen molar-refractivity contribution < 1.29 is 0 Å². The summed E-state index contributed by atoms with van der Waals surface area (Å²) in [5.41, 5.74) is 3.09. The zero-order valence-corrected chi connectivity index (χ0v) is 13.7. The Labute approximate surface area is 129 Å². The van der Waals surface area contributed by atoms with Crippen LogP contribution < -0.4 is 0 Å². The molecule has 1 aromatic carbocycles. The fourth-order valence-electron chi connectivity index (χ4n) is 3.20. The van der Waals surface area contributed by atoms with E-state index in [2.05, 4.69) is 56.0 Å². The van der Waals surface area contributed by atoms with E-state index in [0.717, 1.165) is 19.4 Å². The molecule has 114 valence electrons. The fraction of sp³-hybridized carbons (Fsp3) is 0.632. The first-order valence-corrected chi connectivity index (χ1v) is 8.24. The Morgan fingerprint density at radius 2 is 1.90 bits per heavy atom. The van der Waals surface area contributed by atoms with Gasteiger partial charge in [-0.3, -0.25) is 4.90 Å². The molecule has 0 aliphatic carbocycles. The Hall–Kier alpha value is -1.33. The average molecular weight is 284 g/mol. The van der Waals surface area contributed by atoms with Gasteiger partial charge in [-0.1, -0.05) is 45.0 Å². The molecule has 1 fully saturated rings. The summed E-state index contributed by atoms with van der Waals surface area (Å²) in [6.45, 7) is 9.13. The highest BCUT2D eigenvalue weighted by Crippen LogP contribution is 2.33. The first kappa shape index (κ1) is 16.0. The largest absolute Gasteiger partial charge is 0.296 e. The van der Waals surface area contributed by atoms with E-state index in [1.54, 1.807) is 0 Å². The summed E-state index contributed by atoms with van der Waals surface area (Å²) in [4.78, 5) is 2.60. The zero-order valence-electron chi connectivity index (χ0n) is 13.7. The number of rotatable bonds is 5. The molecule has 1 heterocycles. The monoisotopic (exact) mass is 284 g/mol. The molecule has 2 heteroatoms. The predicted molar refractivity (Wildman–Crippen MR) is 88.2 cm³/mol. The summed E-state index contributed by atoms with van der Waals surface area (Å²) in [5.74, 6) is 0. The van der Waals surface area contributed by atoms with Crippen molar-refractivity contribution in [1.29, 1.82) is 5.26 Å². The van der Waals surface area contributed by atoms with Gasteiger partial charge in [0.2, 0.25) is 0 Å². The minimum absolute atomic E-state index is 0.227. The molecule has 1 aromatic rings. The van der Waals surface area contributed by atoms with Crippen molar-refractivity contribution in [3.8, 4) is 6.07 Å². The molecular weight excluding hydrogens is 256 g/mol. The number of nitrogens with zero attached hydrogens (tertiary/aromatic N) is 2. The third-order valence-corrected chi connectivity index (χ3v) is 4.51. The summed E-state index contributed by atoms with van der Waals surface area (Å²) in [5, 5.41) is 8.62. The fourth-order valence-corrected chi connectivity index (χ4v) is 3.20. The number of likely N-dealkylation sites (tertiary alicyclic amines) is 1. The highest BCUT2D eigenvalue weighted by atomic mass is 15.2. The normalized spacial score (nSPS) is 19.6. The van der Waals surface area contributed by atoms with Crippen LogP contribution in [0.4, 0.5) is 0 Å². The van der Waals surface area contributed by atoms with Crippen molar-refractivity contribution >= 4 is 0 Å². The molecule has 2 nitrogen and oxygen atoms in total. The second kappa shape index (κ2) is 7.09. The first-order valence-electron chi connectivity index (χ1n) is 8.24. The summed E-state index contributed by atoms with van der Waals surface area (Å²) in [7, 11) is 0. The van der Waals surface area contributed by atoms with Crippen molar-refractivity contribution in [1.82, 2.24) is 4.90 Å². The standard InChI is InChI=1S/C19H28N2/c1-19(2,3)17-11-9-16(10-12-17)18-8-7-15-21(18)14-6-4-5-13-20/h9-12,18H,4-8,14-15H2,1-3H3. The molecule has 1 aliphatic rings. The van der Waals surface area contributed by atoms with Gasteiger partial charge in [-0.15, -0.1) is 0 Å². The van der Waals surface area contributed by atoms with Gasteiger partial charge in [0, 0.05) is 12.5 Å². The lowest BCUT2D eigenvalue weighted by molar-refractivity contribution is 0.252. The van der Waals surface area contributed by atoms with E-state index in [-0.39, 0.29) is 5.41 Å². The van der Waals surface area contributed by atoms with Crippen LogP contribution in [0.15, 0.2) is 24.3 Å². The number of hydrogen-bond acceptors (Lipinski definition) is 2. The van der Waals surface area contributed by atoms with Gasteiger partial charge in [-0.05, 0) is 55.3 Å². The minimum atomic E-state index is 0.227. The molecule has 0 aromatic heterocycles. The maximum Gasteiger partial charge on any atom is 0.0621 e. The molecule has 21 heavy (non-hydrogen) atoms. The third-order valence-electron chi connectivity index (χ3n) is 4.51. The van der Waals surface area contributed by atoms with Gasteiger partial charge >= 0.3 is 0 Å². The molecule has 0 N–H and O–H groups in total. The molecule has 1 saturated heterocycles. The predicted octanol–water partition coefficient (Wildman–Crippen LogP) is 4.81. The van der Waals surface area contributed by atoms with Crippen molar-refractivity contribution in [3.05, 3.63) is 35.4 Å². The highest BCUT2D eigenvalue weighted by molar-refractivity contribution is 5.29. The van der Waals surface area contributed by atoms with Gasteiger partial charge in [-0.2, -0.15) is 5.26 Å². The van der Waals surface area contributed by atoms with Crippen molar-refractivity contribution in [2.24, 2.45) is 0 Å². The van der Waals surface area contributed by atoms with Crippen molar-refractivity contribution in [2.45, 2.75) is 64.3 Å². The first-order chi connectivity index (χ1) is 10.0. The maximum absolute atomic E-state index is 8.62. The Kier molecular flexibility index (Phi) is 5.42. The molecule has 1 atom stereocenters. The Balaban J connectivity index is 1.98. The lowest BCUT2D eigenvalue weighted by Crippen LogP contribution is -2.24. The van der Waals surface area contributed by atoms with Crippen LogP contribution in [0, 0.1) is 11.3 Å². The topological polar surface area (TPSA) is 27.0 Å². The van der Waals surface area contributed by atoms with Crippen molar-refractivity contribution in [3.63, 3.8) is 0 Å². The van der Waals surface area contributed by atoms with Crippen LogP contribution in [0.1, 0.15) is 70.0 Å². The van der Waals surface area contributed by atoms with E-state index >= 15 is 0 Å². The summed E-state index contributed by atoms with van der Waals surface area (Å²) >= 11 is 0. The van der Waals surface area contributed by atoms with Crippen LogP contribution in [0.2, 0.25) is 0 Å². The Bertz CT molecular complexity index is 476. The van der Waals surface area contributed by atoms with Crippen LogP contribution in [-0.4, -0.2) is 18.0 Å². The minimum Gasteiger partial charge on any atom is -0.296 e. The van der Waals surface area contributed by atoms with Gasteiger partial charge in [0.05, 0.1) is 6.07 Å². The average Bonchev–Trinajstić information content (AvgIpc) is 2.91. The van der Waals surface area contributed by atoms with Gasteiger partial charge in [0.25, 0.3) is 0 Å². The molecule has 1 unspecified atom stereocenters. The Morgan fingerprint density at radius 3 is 2.52 bits per heavy atom. The van der Waals surface area contributed by atoms with Crippen LogP contribution >= 0.6 is 0 Å². The smallest absolute Gasteiger partial charge is 0.0621 e. The number of benzene rings is 1. The number of nitriles is 1. The van der Waals surface area contributed by atoms with E-state index in [1.807, 2.05) is 0 Å². The summed E-state index contributed by atoms with van der Waals surface area (Å²) in [6.07, 6.45) is 5.43. The van der Waals surface area contributed by atoms with Gasteiger partial charge in [0.1, 0.15) is 0 Å². The van der Waals surface area contributed by atoms with Gasteiger partial charge in [-0.25, -0.2) is 0 Å². The summed E-state index contributed by atoms with van der Waals surface area (Å²) in [6, 6.07) is 12.0. The molecule has 2 rings (SSSR count). The van der Waals surface area contributed by atoms with E-state index in [9.17, 15) is 0 Å². The van der Waals surface area contributed by atoms with E-state index in [4.69, 9.17) is 5.26 Å². The molecule has 0 saturated carbocycles. The van der Waals surface area contributed by atoms with Gasteiger partial charge < -0.3 is 0 Å².